The van der Waals surface area contributed by atoms with Crippen molar-refractivity contribution in [1.82, 2.24) is 4.57 Å². The van der Waals surface area contributed by atoms with E-state index < -0.39 is 0 Å². The van der Waals surface area contributed by atoms with Gasteiger partial charge in [0.15, 0.2) is 0 Å². The Labute approximate surface area is 356 Å². The maximum absolute atomic E-state index is 2.40. The van der Waals surface area contributed by atoms with E-state index in [0.29, 0.717) is 0 Å². The van der Waals surface area contributed by atoms with Crippen molar-refractivity contribution in [3.63, 3.8) is 0 Å². The van der Waals surface area contributed by atoms with Crippen LogP contribution in [0.3, 0.4) is 0 Å². The van der Waals surface area contributed by atoms with Gasteiger partial charge in [0.05, 0.1) is 16.7 Å². The van der Waals surface area contributed by atoms with E-state index in [1.807, 2.05) is 0 Å². The monoisotopic (exact) mass is 779 g/mol. The van der Waals surface area contributed by atoms with E-state index in [9.17, 15) is 0 Å². The van der Waals surface area contributed by atoms with E-state index in [0.717, 1.165) is 50.9 Å². The van der Waals surface area contributed by atoms with Gasteiger partial charge in [-0.2, -0.15) is 0 Å². The van der Waals surface area contributed by atoms with Crippen LogP contribution in [0.5, 0.6) is 0 Å². The molecule has 3 heteroatoms. The Balaban J connectivity index is 1.06. The van der Waals surface area contributed by atoms with Crippen molar-refractivity contribution in [2.24, 2.45) is 0 Å². The smallest absolute Gasteiger partial charge is 0.0562 e. The molecule has 0 atom stereocenters. The first-order valence-electron chi connectivity index (χ1n) is 20.9. The van der Waals surface area contributed by atoms with E-state index in [1.54, 1.807) is 0 Å². The Hall–Kier alpha value is -8.14. The van der Waals surface area contributed by atoms with Crippen LogP contribution in [0.15, 0.2) is 249 Å². The maximum atomic E-state index is 2.40. The van der Waals surface area contributed by atoms with Gasteiger partial charge in [-0.15, -0.1) is 0 Å². The zero-order valence-corrected chi connectivity index (χ0v) is 33.5. The Morgan fingerprint density at radius 1 is 0.295 bits per heavy atom. The summed E-state index contributed by atoms with van der Waals surface area (Å²) in [7, 11) is 0. The lowest BCUT2D eigenvalue weighted by Crippen LogP contribution is -2.10. The van der Waals surface area contributed by atoms with Gasteiger partial charge in [-0.05, 0) is 136 Å². The van der Waals surface area contributed by atoms with E-state index in [2.05, 4.69) is 263 Å². The molecular weight excluding hydrogens is 739 g/mol. The van der Waals surface area contributed by atoms with Gasteiger partial charge in [0.2, 0.25) is 0 Å². The summed E-state index contributed by atoms with van der Waals surface area (Å²) in [5, 5.41) is 4.86. The number of aromatic nitrogens is 1. The summed E-state index contributed by atoms with van der Waals surface area (Å²) in [6.45, 7) is 0. The maximum Gasteiger partial charge on any atom is 0.0562 e. The molecule has 0 radical (unpaired) electrons. The summed E-state index contributed by atoms with van der Waals surface area (Å²) in [6, 6.07) is 89.5. The topological polar surface area (TPSA) is 11.4 Å². The molecule has 0 saturated heterocycles. The van der Waals surface area contributed by atoms with Crippen LogP contribution in [-0.4, -0.2) is 4.57 Å². The minimum Gasteiger partial charge on any atom is -0.310 e. The Kier molecular flexibility index (Phi) is 9.18. The molecule has 0 aliphatic rings. The van der Waals surface area contributed by atoms with Crippen molar-refractivity contribution in [2.45, 2.75) is 0 Å². The lowest BCUT2D eigenvalue weighted by Gasteiger charge is -2.27. The molecule has 0 unspecified atom stereocenters. The molecule has 3 nitrogen and oxygen atoms in total. The van der Waals surface area contributed by atoms with Crippen LogP contribution < -0.4 is 9.80 Å². The van der Waals surface area contributed by atoms with Gasteiger partial charge in [0.1, 0.15) is 0 Å². The number of benzene rings is 10. The summed E-state index contributed by atoms with van der Waals surface area (Å²) in [6.07, 6.45) is 0. The van der Waals surface area contributed by atoms with Crippen LogP contribution in [-0.2, 0) is 0 Å². The third-order valence-corrected chi connectivity index (χ3v) is 11.7. The third kappa shape index (κ3) is 6.59. The molecule has 288 valence electrons. The third-order valence-electron chi connectivity index (χ3n) is 11.7. The second kappa shape index (κ2) is 15.6. The zero-order chi connectivity index (χ0) is 40.5. The van der Waals surface area contributed by atoms with Gasteiger partial charge in [-0.3, -0.25) is 0 Å². The largest absolute Gasteiger partial charge is 0.310 e. The Morgan fingerprint density at radius 3 is 1.41 bits per heavy atom. The molecule has 11 aromatic rings. The summed E-state index contributed by atoms with van der Waals surface area (Å²) in [4.78, 5) is 4.73. The molecule has 0 spiro atoms. The number of nitrogens with zero attached hydrogens (tertiary/aromatic N) is 3. The van der Waals surface area contributed by atoms with Crippen molar-refractivity contribution in [2.75, 3.05) is 9.80 Å². The molecule has 10 aromatic carbocycles. The van der Waals surface area contributed by atoms with E-state index in [4.69, 9.17) is 0 Å². The lowest BCUT2D eigenvalue weighted by atomic mass is 9.91. The zero-order valence-electron chi connectivity index (χ0n) is 33.5. The van der Waals surface area contributed by atoms with E-state index >= 15 is 0 Å². The first-order chi connectivity index (χ1) is 30.3. The van der Waals surface area contributed by atoms with Crippen LogP contribution in [0.1, 0.15) is 0 Å². The molecule has 1 aromatic heterocycles. The summed E-state index contributed by atoms with van der Waals surface area (Å²) in [5.74, 6) is 0. The van der Waals surface area contributed by atoms with Crippen molar-refractivity contribution >= 4 is 66.7 Å². The fourth-order valence-electron chi connectivity index (χ4n) is 8.97. The average Bonchev–Trinajstić information content (AvgIpc) is 3.68. The minimum atomic E-state index is 1.09. The van der Waals surface area contributed by atoms with E-state index in [-0.39, 0.29) is 0 Å². The fourth-order valence-corrected chi connectivity index (χ4v) is 8.97. The number of anilines is 6. The molecule has 0 N–H and O–H groups in total. The lowest BCUT2D eigenvalue weighted by molar-refractivity contribution is 1.18. The number of hydrogen-bond donors (Lipinski definition) is 0. The highest BCUT2D eigenvalue weighted by molar-refractivity contribution is 6.16. The quantitative estimate of drug-likeness (QED) is 0.145. The van der Waals surface area contributed by atoms with Crippen LogP contribution in [0, 0.1) is 0 Å². The van der Waals surface area contributed by atoms with E-state index in [1.165, 1.54) is 43.7 Å². The van der Waals surface area contributed by atoms with Gasteiger partial charge in [-0.25, -0.2) is 0 Å². The minimum absolute atomic E-state index is 1.09. The van der Waals surface area contributed by atoms with Crippen molar-refractivity contribution in [3.8, 4) is 27.9 Å². The van der Waals surface area contributed by atoms with Crippen LogP contribution in [0.4, 0.5) is 34.1 Å². The first-order valence-corrected chi connectivity index (χ1v) is 20.9. The van der Waals surface area contributed by atoms with Crippen LogP contribution in [0.25, 0.3) is 60.5 Å². The van der Waals surface area contributed by atoms with Crippen molar-refractivity contribution < 1.29 is 0 Å². The molecule has 0 saturated carbocycles. The predicted octanol–water partition coefficient (Wildman–Crippen LogP) is 16.2. The van der Waals surface area contributed by atoms with Gasteiger partial charge in [0, 0.05) is 44.9 Å². The molecule has 1 heterocycles. The standard InChI is InChI=1S/C58H41N3/c1-5-22-46(23-6-1)59(47-24-7-2-8-25-47)51-30-17-21-45(39-51)54-41-44-20-14-13-19-43(44)40-53(54)42-35-37-50(38-36-42)60(48-26-9-3-10-27-48)56-33-18-34-57-58(56)52-31-15-16-32-55(52)61(57)49-28-11-4-12-29-49/h1-41H. The van der Waals surface area contributed by atoms with Crippen LogP contribution >= 0.6 is 0 Å². The molecule has 0 aliphatic carbocycles. The van der Waals surface area contributed by atoms with Gasteiger partial charge < -0.3 is 14.4 Å². The molecule has 0 aliphatic heterocycles. The highest BCUT2D eigenvalue weighted by Gasteiger charge is 2.22. The molecule has 61 heavy (non-hydrogen) atoms. The Morgan fingerprint density at radius 2 is 0.770 bits per heavy atom. The van der Waals surface area contributed by atoms with Gasteiger partial charge in [-0.1, -0.05) is 146 Å². The summed E-state index contributed by atoms with van der Waals surface area (Å²) < 4.78 is 2.38. The fraction of sp³-hybridized carbons (Fsp3) is 0. The predicted molar refractivity (Wildman–Crippen MR) is 259 cm³/mol. The molecule has 11 rings (SSSR count). The highest BCUT2D eigenvalue weighted by Crippen LogP contribution is 2.45. The second-order valence-corrected chi connectivity index (χ2v) is 15.4. The van der Waals surface area contributed by atoms with Gasteiger partial charge >= 0.3 is 0 Å². The van der Waals surface area contributed by atoms with Crippen molar-refractivity contribution in [1.29, 1.82) is 0 Å². The second-order valence-electron chi connectivity index (χ2n) is 15.4. The normalized spacial score (nSPS) is 11.3. The molecule has 0 bridgehead atoms. The van der Waals surface area contributed by atoms with Crippen molar-refractivity contribution in [3.05, 3.63) is 249 Å². The molecule has 0 amide bonds. The van der Waals surface area contributed by atoms with Crippen LogP contribution in [0.2, 0.25) is 0 Å². The number of rotatable bonds is 9. The summed E-state index contributed by atoms with van der Waals surface area (Å²) >= 11 is 0. The SMILES string of the molecule is c1ccc(N(c2ccccc2)c2cccc(-c3cc4ccccc4cc3-c3ccc(N(c4ccccc4)c4cccc5c4c4ccccc4n5-c4ccccc4)cc3)c2)cc1. The number of hydrogen-bond acceptors (Lipinski definition) is 2. The first kappa shape index (κ1) is 36.0. The van der Waals surface area contributed by atoms with Gasteiger partial charge in [0.25, 0.3) is 0 Å². The highest BCUT2D eigenvalue weighted by atomic mass is 15.2. The Bertz CT molecular complexity index is 3240. The number of para-hydroxylation sites is 5. The summed E-state index contributed by atoms with van der Waals surface area (Å²) in [5.41, 5.74) is 14.8. The number of fused-ring (bicyclic) bond motifs is 4. The molecule has 0 fully saturated rings. The molecular formula is C58H41N3. The average molecular weight is 780 g/mol.